The number of nitrogens with zero attached hydrogens (tertiary/aromatic N) is 2. The number of methoxy groups -OCH3 is 1. The first-order chi connectivity index (χ1) is 16.2. The standard InChI is InChI=1S/C20H21N2.C7H8O4S/c1-21(2)18-12-8-16(9-13-18)10-14-19-15-11-17-6-4-5-7-20(17)22(19)3;1-11-6-2-4-7(5-3-6)12(8,9)10/h4-15H,1-3H3;2-5H,1H3,(H,8,9,10)/q+1;/p-1. The topological polar surface area (TPSA) is 73.5 Å². The molecule has 0 radical (unpaired) electrons. The summed E-state index contributed by atoms with van der Waals surface area (Å²) >= 11 is 0. The molecule has 0 amide bonds. The molecule has 34 heavy (non-hydrogen) atoms. The molecule has 1 heterocycles. The molecule has 0 saturated heterocycles. The van der Waals surface area contributed by atoms with E-state index in [1.54, 1.807) is 0 Å². The Hall–Kier alpha value is -3.68. The van der Waals surface area contributed by atoms with E-state index in [4.69, 9.17) is 4.74 Å². The number of para-hydroxylation sites is 1. The summed E-state index contributed by atoms with van der Waals surface area (Å²) in [7, 11) is 3.34. The molecule has 0 fully saturated rings. The highest BCUT2D eigenvalue weighted by atomic mass is 32.2. The van der Waals surface area contributed by atoms with Crippen molar-refractivity contribution in [2.45, 2.75) is 4.90 Å². The summed E-state index contributed by atoms with van der Waals surface area (Å²) in [6.45, 7) is 0. The molecule has 3 aromatic carbocycles. The van der Waals surface area contributed by atoms with Crippen molar-refractivity contribution in [2.75, 3.05) is 26.1 Å². The minimum atomic E-state index is -4.33. The van der Waals surface area contributed by atoms with Crippen LogP contribution in [-0.2, 0) is 17.2 Å². The molecule has 0 saturated carbocycles. The largest absolute Gasteiger partial charge is 0.744 e. The molecule has 4 aromatic rings. The predicted octanol–water partition coefficient (Wildman–Crippen LogP) is 4.50. The van der Waals surface area contributed by atoms with Gasteiger partial charge in [-0.25, -0.2) is 8.42 Å². The van der Waals surface area contributed by atoms with E-state index in [1.807, 2.05) is 0 Å². The van der Waals surface area contributed by atoms with Crippen molar-refractivity contribution in [3.8, 4) is 5.75 Å². The van der Waals surface area contributed by atoms with Crippen molar-refractivity contribution < 1.29 is 22.3 Å². The van der Waals surface area contributed by atoms with E-state index in [0.29, 0.717) is 5.75 Å². The Morgan fingerprint density at radius 2 is 1.50 bits per heavy atom. The third kappa shape index (κ3) is 6.43. The number of ether oxygens (including phenoxy) is 1. The summed E-state index contributed by atoms with van der Waals surface area (Å²) in [4.78, 5) is 1.86. The van der Waals surface area contributed by atoms with Crippen LogP contribution in [0.1, 0.15) is 11.3 Å². The van der Waals surface area contributed by atoms with Crippen LogP contribution < -0.4 is 14.2 Å². The van der Waals surface area contributed by atoms with Gasteiger partial charge in [0, 0.05) is 43.4 Å². The summed E-state index contributed by atoms with van der Waals surface area (Å²) in [6.07, 6.45) is 4.32. The summed E-state index contributed by atoms with van der Waals surface area (Å²) in [5.74, 6) is 0.516. The Morgan fingerprint density at radius 1 is 0.853 bits per heavy atom. The summed E-state index contributed by atoms with van der Waals surface area (Å²) in [5, 5.41) is 1.26. The molecule has 0 N–H and O–H groups in total. The quantitative estimate of drug-likeness (QED) is 0.313. The average molecular weight is 477 g/mol. The van der Waals surface area contributed by atoms with E-state index in [0.717, 1.165) is 0 Å². The second-order valence-electron chi connectivity index (χ2n) is 7.82. The number of aromatic nitrogens is 1. The minimum Gasteiger partial charge on any atom is -0.744 e. The van der Waals surface area contributed by atoms with Gasteiger partial charge >= 0.3 is 0 Å². The Balaban J connectivity index is 0.000000229. The second kappa shape index (κ2) is 11.0. The molecule has 6 nitrogen and oxygen atoms in total. The molecular weight excluding hydrogens is 448 g/mol. The van der Waals surface area contributed by atoms with E-state index in [1.165, 1.54) is 59.2 Å². The van der Waals surface area contributed by atoms with Crippen molar-refractivity contribution in [1.82, 2.24) is 0 Å². The van der Waals surface area contributed by atoms with Crippen molar-refractivity contribution in [2.24, 2.45) is 7.05 Å². The Kier molecular flexibility index (Phi) is 8.04. The van der Waals surface area contributed by atoms with Gasteiger partial charge in [-0.3, -0.25) is 0 Å². The molecular formula is C27H28N2O4S. The van der Waals surface area contributed by atoms with Gasteiger partial charge in [-0.05, 0) is 60.2 Å². The third-order valence-corrected chi connectivity index (χ3v) is 6.17. The zero-order valence-corrected chi connectivity index (χ0v) is 20.5. The fourth-order valence-electron chi connectivity index (χ4n) is 3.33. The lowest BCUT2D eigenvalue weighted by Gasteiger charge is -2.11. The Bertz CT molecular complexity index is 1380. The average Bonchev–Trinajstić information content (AvgIpc) is 2.84. The smallest absolute Gasteiger partial charge is 0.212 e. The van der Waals surface area contributed by atoms with E-state index in [2.05, 4.69) is 103 Å². The van der Waals surface area contributed by atoms with Gasteiger partial charge in [-0.2, -0.15) is 4.57 Å². The number of hydrogen-bond donors (Lipinski definition) is 0. The Morgan fingerprint density at radius 3 is 2.09 bits per heavy atom. The molecule has 0 spiro atoms. The number of anilines is 1. The minimum absolute atomic E-state index is 0.247. The molecule has 0 aliphatic carbocycles. The van der Waals surface area contributed by atoms with Crippen LogP contribution >= 0.6 is 0 Å². The van der Waals surface area contributed by atoms with Crippen LogP contribution in [0.3, 0.4) is 0 Å². The maximum Gasteiger partial charge on any atom is 0.212 e. The van der Waals surface area contributed by atoms with Crippen molar-refractivity contribution >= 4 is 38.9 Å². The summed E-state index contributed by atoms with van der Waals surface area (Å²) in [6, 6.07) is 26.6. The van der Waals surface area contributed by atoms with Gasteiger partial charge in [0.15, 0.2) is 0 Å². The molecule has 1 aromatic heterocycles. The lowest BCUT2D eigenvalue weighted by molar-refractivity contribution is -0.646. The SMILES string of the molecule is CN(C)c1ccc(/C=C/c2ccc3ccccc3[n+]2C)cc1.COc1ccc(S(=O)(=O)[O-])cc1. The van der Waals surface area contributed by atoms with Crippen LogP contribution in [0.5, 0.6) is 5.75 Å². The monoisotopic (exact) mass is 476 g/mol. The highest BCUT2D eigenvalue weighted by molar-refractivity contribution is 7.85. The van der Waals surface area contributed by atoms with Gasteiger partial charge < -0.3 is 14.2 Å². The molecule has 4 rings (SSSR count). The number of benzene rings is 3. The van der Waals surface area contributed by atoms with Crippen LogP contribution in [0.4, 0.5) is 5.69 Å². The first kappa shape index (κ1) is 25.0. The summed E-state index contributed by atoms with van der Waals surface area (Å²) in [5.41, 5.74) is 4.86. The van der Waals surface area contributed by atoms with Gasteiger partial charge in [0.1, 0.15) is 22.9 Å². The fraction of sp³-hybridized carbons (Fsp3) is 0.148. The van der Waals surface area contributed by atoms with Crippen LogP contribution in [0, 0.1) is 0 Å². The molecule has 0 bridgehead atoms. The van der Waals surface area contributed by atoms with Crippen LogP contribution in [0.15, 0.2) is 89.8 Å². The third-order valence-electron chi connectivity index (χ3n) is 5.32. The van der Waals surface area contributed by atoms with Crippen LogP contribution in [-0.4, -0.2) is 34.2 Å². The molecule has 0 aliphatic rings. The predicted molar refractivity (Wildman–Crippen MR) is 136 cm³/mol. The first-order valence-electron chi connectivity index (χ1n) is 10.6. The Labute approximate surface area is 201 Å². The lowest BCUT2D eigenvalue weighted by atomic mass is 10.1. The lowest BCUT2D eigenvalue weighted by Crippen LogP contribution is -2.32. The highest BCUT2D eigenvalue weighted by Crippen LogP contribution is 2.16. The van der Waals surface area contributed by atoms with Crippen molar-refractivity contribution in [3.05, 3.63) is 96.2 Å². The van der Waals surface area contributed by atoms with Gasteiger partial charge in [0.25, 0.3) is 0 Å². The number of fused-ring (bicyclic) bond motifs is 1. The number of aryl methyl sites for hydroxylation is 1. The van der Waals surface area contributed by atoms with Gasteiger partial charge in [-0.1, -0.05) is 24.3 Å². The molecule has 176 valence electrons. The zero-order chi connectivity index (χ0) is 24.7. The maximum absolute atomic E-state index is 10.4. The van der Waals surface area contributed by atoms with Crippen molar-refractivity contribution in [3.63, 3.8) is 0 Å². The number of pyridine rings is 1. The van der Waals surface area contributed by atoms with Crippen molar-refractivity contribution in [1.29, 1.82) is 0 Å². The van der Waals surface area contributed by atoms with E-state index < -0.39 is 10.1 Å². The van der Waals surface area contributed by atoms with E-state index in [9.17, 15) is 13.0 Å². The number of hydrogen-bond acceptors (Lipinski definition) is 5. The van der Waals surface area contributed by atoms with Gasteiger partial charge in [0.2, 0.25) is 11.2 Å². The molecule has 0 unspecified atom stereocenters. The fourth-order valence-corrected chi connectivity index (χ4v) is 3.80. The van der Waals surface area contributed by atoms with E-state index in [-0.39, 0.29) is 4.90 Å². The molecule has 7 heteroatoms. The number of rotatable bonds is 5. The first-order valence-corrected chi connectivity index (χ1v) is 12.0. The van der Waals surface area contributed by atoms with Gasteiger partial charge in [-0.15, -0.1) is 0 Å². The molecule has 0 aliphatic heterocycles. The zero-order valence-electron chi connectivity index (χ0n) is 19.7. The maximum atomic E-state index is 10.4. The van der Waals surface area contributed by atoms with E-state index >= 15 is 0 Å². The molecule has 0 atom stereocenters. The summed E-state index contributed by atoms with van der Waals surface area (Å²) < 4.78 is 38.3. The van der Waals surface area contributed by atoms with Gasteiger partial charge in [0.05, 0.1) is 12.0 Å². The van der Waals surface area contributed by atoms with Crippen LogP contribution in [0.25, 0.3) is 23.1 Å². The van der Waals surface area contributed by atoms with Crippen LogP contribution in [0.2, 0.25) is 0 Å². The second-order valence-corrected chi connectivity index (χ2v) is 9.20. The normalized spacial score (nSPS) is 11.2. The highest BCUT2D eigenvalue weighted by Gasteiger charge is 2.08.